The van der Waals surface area contributed by atoms with Crippen molar-refractivity contribution in [1.82, 2.24) is 10.2 Å². The quantitative estimate of drug-likeness (QED) is 0.822. The van der Waals surface area contributed by atoms with Gasteiger partial charge in [-0.15, -0.1) is 0 Å². The molecule has 2 aromatic carbocycles. The van der Waals surface area contributed by atoms with E-state index in [9.17, 15) is 14.0 Å². The lowest BCUT2D eigenvalue weighted by molar-refractivity contribution is -0.130. The summed E-state index contributed by atoms with van der Waals surface area (Å²) in [5.41, 5.74) is 1.31. The van der Waals surface area contributed by atoms with Crippen LogP contribution in [0.15, 0.2) is 48.5 Å². The highest BCUT2D eigenvalue weighted by atomic mass is 35.5. The first kappa shape index (κ1) is 18.9. The van der Waals surface area contributed by atoms with Gasteiger partial charge in [-0.2, -0.15) is 0 Å². The number of carbonyl (C=O) groups is 2. The summed E-state index contributed by atoms with van der Waals surface area (Å²) in [5, 5.41) is 3.36. The van der Waals surface area contributed by atoms with Crippen molar-refractivity contribution in [2.45, 2.75) is 19.9 Å². The molecule has 0 aliphatic carbocycles. The average molecular weight is 363 g/mol. The van der Waals surface area contributed by atoms with Crippen LogP contribution in [0.25, 0.3) is 0 Å². The Balaban J connectivity index is 1.82. The van der Waals surface area contributed by atoms with Gasteiger partial charge in [0.2, 0.25) is 11.8 Å². The highest BCUT2D eigenvalue weighted by Gasteiger charge is 2.11. The third-order valence-corrected chi connectivity index (χ3v) is 4.00. The molecule has 0 unspecified atom stereocenters. The third-order valence-electron chi connectivity index (χ3n) is 3.74. The van der Waals surface area contributed by atoms with Gasteiger partial charge in [0.25, 0.3) is 0 Å². The number of rotatable bonds is 7. The summed E-state index contributed by atoms with van der Waals surface area (Å²) in [6, 6.07) is 13.4. The van der Waals surface area contributed by atoms with Crippen molar-refractivity contribution in [3.05, 3.63) is 70.5 Å². The van der Waals surface area contributed by atoms with Crippen LogP contribution in [0, 0.1) is 5.82 Å². The normalized spacial score (nSPS) is 10.4. The zero-order chi connectivity index (χ0) is 18.2. The van der Waals surface area contributed by atoms with Gasteiger partial charge in [-0.3, -0.25) is 9.59 Å². The van der Waals surface area contributed by atoms with Gasteiger partial charge >= 0.3 is 0 Å². The molecule has 0 saturated heterocycles. The van der Waals surface area contributed by atoms with Crippen LogP contribution < -0.4 is 5.32 Å². The van der Waals surface area contributed by atoms with E-state index in [-0.39, 0.29) is 18.2 Å². The molecule has 0 fully saturated rings. The molecule has 132 valence electrons. The minimum Gasteiger partial charge on any atom is -0.354 e. The first-order chi connectivity index (χ1) is 12.0. The molecule has 0 saturated carbocycles. The van der Waals surface area contributed by atoms with Crippen molar-refractivity contribution in [2.24, 2.45) is 0 Å². The molecule has 0 bridgehead atoms. The van der Waals surface area contributed by atoms with E-state index in [0.717, 1.165) is 5.56 Å². The lowest BCUT2D eigenvalue weighted by Crippen LogP contribution is -2.37. The Bertz CT molecular complexity index is 734. The van der Waals surface area contributed by atoms with Crippen molar-refractivity contribution in [1.29, 1.82) is 0 Å². The maximum absolute atomic E-state index is 13.5. The fourth-order valence-electron chi connectivity index (χ4n) is 2.37. The molecule has 2 rings (SSSR count). The minimum absolute atomic E-state index is 0.0239. The lowest BCUT2D eigenvalue weighted by Gasteiger charge is -2.21. The predicted molar refractivity (Wildman–Crippen MR) is 95.7 cm³/mol. The van der Waals surface area contributed by atoms with Crippen molar-refractivity contribution in [3.63, 3.8) is 0 Å². The van der Waals surface area contributed by atoms with E-state index in [4.69, 9.17) is 11.6 Å². The first-order valence-electron chi connectivity index (χ1n) is 7.96. The topological polar surface area (TPSA) is 49.4 Å². The Labute approximate surface area is 151 Å². The highest BCUT2D eigenvalue weighted by Crippen LogP contribution is 2.11. The maximum Gasteiger partial charge on any atom is 0.224 e. The van der Waals surface area contributed by atoms with Gasteiger partial charge in [0.05, 0.1) is 6.42 Å². The minimum atomic E-state index is -0.397. The fourth-order valence-corrected chi connectivity index (χ4v) is 2.49. The molecule has 25 heavy (non-hydrogen) atoms. The number of hydrogen-bond donors (Lipinski definition) is 1. The Hall–Kier alpha value is -2.40. The van der Waals surface area contributed by atoms with E-state index in [1.165, 1.54) is 13.0 Å². The SMILES string of the molecule is CC(=O)N(CCNC(=O)Cc1ccccc1F)Cc1ccc(Cl)cc1. The third kappa shape index (κ3) is 6.19. The van der Waals surface area contributed by atoms with Crippen LogP contribution in [0.3, 0.4) is 0 Å². The van der Waals surface area contributed by atoms with Gasteiger partial charge in [-0.25, -0.2) is 4.39 Å². The summed E-state index contributed by atoms with van der Waals surface area (Å²) in [6.45, 7) is 2.61. The molecule has 0 radical (unpaired) electrons. The molecule has 0 aliphatic heterocycles. The van der Waals surface area contributed by atoms with Gasteiger partial charge in [-0.05, 0) is 29.3 Å². The number of amides is 2. The predicted octanol–water partition coefficient (Wildman–Crippen LogP) is 3.19. The summed E-state index contributed by atoms with van der Waals surface area (Å²) < 4.78 is 13.5. The van der Waals surface area contributed by atoms with Crippen LogP contribution in [0.5, 0.6) is 0 Å². The van der Waals surface area contributed by atoms with E-state index in [0.29, 0.717) is 30.2 Å². The molecule has 4 nitrogen and oxygen atoms in total. The molecule has 0 spiro atoms. The van der Waals surface area contributed by atoms with Gasteiger partial charge < -0.3 is 10.2 Å². The molecule has 2 amide bonds. The zero-order valence-corrected chi connectivity index (χ0v) is 14.7. The highest BCUT2D eigenvalue weighted by molar-refractivity contribution is 6.30. The number of nitrogens with one attached hydrogen (secondary N) is 1. The van der Waals surface area contributed by atoms with E-state index < -0.39 is 5.82 Å². The first-order valence-corrected chi connectivity index (χ1v) is 8.33. The van der Waals surface area contributed by atoms with Gasteiger partial charge in [0, 0.05) is 31.6 Å². The Morgan fingerprint density at radius 3 is 2.44 bits per heavy atom. The molecule has 0 heterocycles. The van der Waals surface area contributed by atoms with E-state index in [1.54, 1.807) is 35.2 Å². The number of carbonyl (C=O) groups excluding carboxylic acids is 2. The number of nitrogens with zero attached hydrogens (tertiary/aromatic N) is 1. The Kier molecular flexibility index (Phi) is 6.95. The number of hydrogen-bond acceptors (Lipinski definition) is 2. The standard InChI is InChI=1S/C19H20ClFN2O2/c1-14(24)23(13-15-6-8-17(20)9-7-15)11-10-22-19(25)12-16-4-2-3-5-18(16)21/h2-9H,10-13H2,1H3,(H,22,25). The molecular weight excluding hydrogens is 343 g/mol. The van der Waals surface area contributed by atoms with Crippen LogP contribution in [-0.4, -0.2) is 29.8 Å². The summed E-state index contributed by atoms with van der Waals surface area (Å²) in [5.74, 6) is -0.760. The van der Waals surface area contributed by atoms with E-state index in [2.05, 4.69) is 5.32 Å². The molecule has 2 aromatic rings. The fraction of sp³-hybridized carbons (Fsp3) is 0.263. The number of benzene rings is 2. The van der Waals surface area contributed by atoms with Crippen LogP contribution in [0.1, 0.15) is 18.1 Å². The summed E-state index contributed by atoms with van der Waals surface area (Å²) in [7, 11) is 0. The lowest BCUT2D eigenvalue weighted by atomic mass is 10.1. The van der Waals surface area contributed by atoms with Crippen molar-refractivity contribution in [2.75, 3.05) is 13.1 Å². The van der Waals surface area contributed by atoms with Crippen molar-refractivity contribution in [3.8, 4) is 0 Å². The summed E-state index contributed by atoms with van der Waals surface area (Å²) in [4.78, 5) is 25.3. The Morgan fingerprint density at radius 2 is 1.80 bits per heavy atom. The zero-order valence-electron chi connectivity index (χ0n) is 14.0. The van der Waals surface area contributed by atoms with Crippen molar-refractivity contribution >= 4 is 23.4 Å². The smallest absolute Gasteiger partial charge is 0.224 e. The second-order valence-electron chi connectivity index (χ2n) is 5.69. The molecule has 0 atom stereocenters. The van der Waals surface area contributed by atoms with Crippen LogP contribution in [-0.2, 0) is 22.6 Å². The molecule has 6 heteroatoms. The van der Waals surface area contributed by atoms with E-state index >= 15 is 0 Å². The largest absolute Gasteiger partial charge is 0.354 e. The average Bonchev–Trinajstić information content (AvgIpc) is 2.57. The maximum atomic E-state index is 13.5. The Morgan fingerprint density at radius 1 is 1.12 bits per heavy atom. The van der Waals surface area contributed by atoms with Crippen LogP contribution >= 0.6 is 11.6 Å². The van der Waals surface area contributed by atoms with Crippen LogP contribution in [0.4, 0.5) is 4.39 Å². The summed E-state index contributed by atoms with van der Waals surface area (Å²) >= 11 is 5.85. The van der Waals surface area contributed by atoms with Crippen molar-refractivity contribution < 1.29 is 14.0 Å². The van der Waals surface area contributed by atoms with Crippen LogP contribution in [0.2, 0.25) is 5.02 Å². The molecule has 0 aliphatic rings. The van der Waals surface area contributed by atoms with Gasteiger partial charge in [-0.1, -0.05) is 41.9 Å². The molecule has 1 N–H and O–H groups in total. The molecule has 0 aromatic heterocycles. The molecular formula is C19H20ClFN2O2. The van der Waals surface area contributed by atoms with Gasteiger partial charge in [0.1, 0.15) is 5.82 Å². The van der Waals surface area contributed by atoms with Gasteiger partial charge in [0.15, 0.2) is 0 Å². The monoisotopic (exact) mass is 362 g/mol. The second kappa shape index (κ2) is 9.18. The second-order valence-corrected chi connectivity index (χ2v) is 6.12. The van der Waals surface area contributed by atoms with E-state index in [1.807, 2.05) is 12.1 Å². The summed E-state index contributed by atoms with van der Waals surface area (Å²) in [6.07, 6.45) is -0.0239. The number of halogens is 2.